The molecular formula is C14H11ClINO2. The van der Waals surface area contributed by atoms with Crippen molar-refractivity contribution < 1.29 is 9.53 Å². The zero-order valence-corrected chi connectivity index (χ0v) is 12.8. The molecule has 0 aliphatic heterocycles. The van der Waals surface area contributed by atoms with Crippen molar-refractivity contribution in [3.05, 3.63) is 57.1 Å². The molecule has 19 heavy (non-hydrogen) atoms. The number of rotatable bonds is 4. The lowest BCUT2D eigenvalue weighted by Crippen LogP contribution is -2.20. The predicted octanol–water partition coefficient (Wildman–Crippen LogP) is 3.96. The Morgan fingerprint density at radius 3 is 2.37 bits per heavy atom. The highest BCUT2D eigenvalue weighted by molar-refractivity contribution is 14.1. The Morgan fingerprint density at radius 2 is 1.74 bits per heavy atom. The highest BCUT2D eigenvalue weighted by atomic mass is 127. The second-order valence-electron chi connectivity index (χ2n) is 3.80. The van der Waals surface area contributed by atoms with E-state index in [0.717, 1.165) is 9.26 Å². The fourth-order valence-electron chi connectivity index (χ4n) is 1.41. The van der Waals surface area contributed by atoms with Gasteiger partial charge in [0.2, 0.25) is 0 Å². The van der Waals surface area contributed by atoms with Crippen molar-refractivity contribution in [1.82, 2.24) is 0 Å². The zero-order chi connectivity index (χ0) is 13.7. The molecule has 3 nitrogen and oxygen atoms in total. The van der Waals surface area contributed by atoms with Gasteiger partial charge in [-0.3, -0.25) is 4.79 Å². The van der Waals surface area contributed by atoms with Gasteiger partial charge >= 0.3 is 0 Å². The Labute approximate surface area is 130 Å². The number of nitrogens with one attached hydrogen (secondary N) is 1. The summed E-state index contributed by atoms with van der Waals surface area (Å²) in [5.41, 5.74) is 0.755. The van der Waals surface area contributed by atoms with E-state index in [9.17, 15) is 4.79 Å². The van der Waals surface area contributed by atoms with Crippen LogP contribution in [0.25, 0.3) is 0 Å². The van der Waals surface area contributed by atoms with Gasteiger partial charge in [-0.1, -0.05) is 11.6 Å². The van der Waals surface area contributed by atoms with E-state index in [4.69, 9.17) is 16.3 Å². The molecule has 0 heterocycles. The van der Waals surface area contributed by atoms with E-state index in [1.807, 2.05) is 24.3 Å². The van der Waals surface area contributed by atoms with E-state index in [1.165, 1.54) is 0 Å². The molecule has 1 N–H and O–H groups in total. The monoisotopic (exact) mass is 387 g/mol. The third-order valence-corrected chi connectivity index (χ3v) is 3.28. The van der Waals surface area contributed by atoms with E-state index in [0.29, 0.717) is 10.8 Å². The molecule has 1 amide bonds. The van der Waals surface area contributed by atoms with Crippen LogP contribution in [0.15, 0.2) is 48.5 Å². The maximum Gasteiger partial charge on any atom is 0.262 e. The first-order chi connectivity index (χ1) is 9.13. The van der Waals surface area contributed by atoms with E-state index >= 15 is 0 Å². The van der Waals surface area contributed by atoms with Gasteiger partial charge < -0.3 is 10.1 Å². The topological polar surface area (TPSA) is 38.3 Å². The minimum absolute atomic E-state index is 0.0341. The second kappa shape index (κ2) is 6.77. The number of ether oxygens (including phenoxy) is 1. The summed E-state index contributed by atoms with van der Waals surface area (Å²) in [4.78, 5) is 11.7. The molecule has 0 aromatic heterocycles. The number of halogens is 2. The summed E-state index contributed by atoms with van der Waals surface area (Å²) in [6.45, 7) is -0.0341. The third kappa shape index (κ3) is 4.72. The zero-order valence-electron chi connectivity index (χ0n) is 9.90. The molecule has 0 unspecified atom stereocenters. The number of carbonyl (C=O) groups is 1. The van der Waals surface area contributed by atoms with Crippen LogP contribution in [0.4, 0.5) is 5.69 Å². The largest absolute Gasteiger partial charge is 0.484 e. The van der Waals surface area contributed by atoms with Gasteiger partial charge in [-0.15, -0.1) is 0 Å². The molecule has 5 heteroatoms. The molecule has 98 valence electrons. The first kappa shape index (κ1) is 14.1. The number of carbonyl (C=O) groups excluding carboxylic acids is 1. The van der Waals surface area contributed by atoms with Gasteiger partial charge in [-0.2, -0.15) is 0 Å². The summed E-state index contributed by atoms with van der Waals surface area (Å²) >= 11 is 7.97. The molecule has 0 saturated carbocycles. The maximum absolute atomic E-state index is 11.7. The van der Waals surface area contributed by atoms with E-state index in [-0.39, 0.29) is 12.5 Å². The lowest BCUT2D eigenvalue weighted by Gasteiger charge is -2.07. The molecule has 2 aromatic rings. The highest BCUT2D eigenvalue weighted by Gasteiger charge is 2.03. The summed E-state index contributed by atoms with van der Waals surface area (Å²) < 4.78 is 6.47. The number of hydrogen-bond donors (Lipinski definition) is 1. The van der Waals surface area contributed by atoms with Crippen LogP contribution in [0.3, 0.4) is 0 Å². The van der Waals surface area contributed by atoms with Crippen molar-refractivity contribution in [1.29, 1.82) is 0 Å². The minimum atomic E-state index is -0.198. The van der Waals surface area contributed by atoms with Crippen LogP contribution in [0.2, 0.25) is 5.02 Å². The molecule has 0 aliphatic carbocycles. The van der Waals surface area contributed by atoms with Gasteiger partial charge in [0.1, 0.15) is 5.75 Å². The Balaban J connectivity index is 1.84. The van der Waals surface area contributed by atoms with Gasteiger partial charge in [-0.25, -0.2) is 0 Å². The minimum Gasteiger partial charge on any atom is -0.484 e. The molecule has 0 fully saturated rings. The third-order valence-electron chi connectivity index (χ3n) is 2.31. The summed E-state index contributed by atoms with van der Waals surface area (Å²) in [6, 6.07) is 14.4. The van der Waals surface area contributed by atoms with Crippen molar-refractivity contribution >= 4 is 45.8 Å². The first-order valence-electron chi connectivity index (χ1n) is 5.57. The summed E-state index contributed by atoms with van der Waals surface area (Å²) in [5.74, 6) is 0.415. The Kier molecular flexibility index (Phi) is 5.04. The standard InChI is InChI=1S/C14H11ClINO2/c15-10-1-7-13(8-2-10)19-9-14(18)17-12-5-3-11(16)4-6-12/h1-8H,9H2,(H,17,18). The molecule has 2 aromatic carbocycles. The normalized spacial score (nSPS) is 10.0. The van der Waals surface area contributed by atoms with Crippen LogP contribution >= 0.6 is 34.2 Å². The molecule has 0 bridgehead atoms. The molecule has 0 radical (unpaired) electrons. The number of anilines is 1. The van der Waals surface area contributed by atoms with E-state index in [1.54, 1.807) is 24.3 Å². The molecule has 0 aliphatic rings. The van der Waals surface area contributed by atoms with Gasteiger partial charge in [0.05, 0.1) is 0 Å². The van der Waals surface area contributed by atoms with Crippen LogP contribution in [0.5, 0.6) is 5.75 Å². The summed E-state index contributed by atoms with van der Waals surface area (Å²) in [5, 5.41) is 3.39. The van der Waals surface area contributed by atoms with Crippen molar-refractivity contribution in [2.45, 2.75) is 0 Å². The van der Waals surface area contributed by atoms with E-state index < -0.39 is 0 Å². The van der Waals surface area contributed by atoms with E-state index in [2.05, 4.69) is 27.9 Å². The second-order valence-corrected chi connectivity index (χ2v) is 5.48. The van der Waals surface area contributed by atoms with Crippen LogP contribution in [0.1, 0.15) is 0 Å². The lowest BCUT2D eigenvalue weighted by molar-refractivity contribution is -0.118. The highest BCUT2D eigenvalue weighted by Crippen LogP contribution is 2.15. The Bertz CT molecular complexity index is 555. The fourth-order valence-corrected chi connectivity index (χ4v) is 1.90. The number of amides is 1. The van der Waals surface area contributed by atoms with Crippen molar-refractivity contribution in [2.75, 3.05) is 11.9 Å². The first-order valence-corrected chi connectivity index (χ1v) is 7.03. The van der Waals surface area contributed by atoms with Crippen molar-refractivity contribution in [3.8, 4) is 5.75 Å². The maximum atomic E-state index is 11.7. The Hall–Kier alpha value is -1.27. The molecule has 0 spiro atoms. The molecular weight excluding hydrogens is 377 g/mol. The SMILES string of the molecule is O=C(COc1ccc(Cl)cc1)Nc1ccc(I)cc1. The van der Waals surface area contributed by atoms with Crippen LogP contribution in [-0.4, -0.2) is 12.5 Å². The van der Waals surface area contributed by atoms with Gasteiger partial charge in [-0.05, 0) is 71.1 Å². The average Bonchev–Trinajstić information content (AvgIpc) is 2.41. The average molecular weight is 388 g/mol. The summed E-state index contributed by atoms with van der Waals surface area (Å²) in [7, 11) is 0. The smallest absolute Gasteiger partial charge is 0.262 e. The van der Waals surface area contributed by atoms with Gasteiger partial charge in [0, 0.05) is 14.3 Å². The molecule has 0 saturated heterocycles. The molecule has 0 atom stereocenters. The summed E-state index contributed by atoms with van der Waals surface area (Å²) in [6.07, 6.45) is 0. The number of hydrogen-bond acceptors (Lipinski definition) is 2. The van der Waals surface area contributed by atoms with Crippen LogP contribution in [-0.2, 0) is 4.79 Å². The Morgan fingerprint density at radius 1 is 1.11 bits per heavy atom. The predicted molar refractivity (Wildman–Crippen MR) is 84.7 cm³/mol. The fraction of sp³-hybridized carbons (Fsp3) is 0.0714. The molecule has 2 rings (SSSR count). The van der Waals surface area contributed by atoms with Crippen LogP contribution in [0, 0.1) is 3.57 Å². The lowest BCUT2D eigenvalue weighted by atomic mass is 10.3. The van der Waals surface area contributed by atoms with Gasteiger partial charge in [0.15, 0.2) is 6.61 Å². The van der Waals surface area contributed by atoms with Crippen molar-refractivity contribution in [2.24, 2.45) is 0 Å². The quantitative estimate of drug-likeness (QED) is 0.807. The van der Waals surface area contributed by atoms with Gasteiger partial charge in [0.25, 0.3) is 5.91 Å². The van der Waals surface area contributed by atoms with Crippen molar-refractivity contribution in [3.63, 3.8) is 0 Å². The van der Waals surface area contributed by atoms with Crippen LogP contribution < -0.4 is 10.1 Å². The number of benzene rings is 2.